The highest BCUT2D eigenvalue weighted by atomic mass is 35.5. The smallest absolute Gasteiger partial charge is 0.268 e. The van der Waals surface area contributed by atoms with Crippen LogP contribution >= 0.6 is 12.4 Å². The summed E-state index contributed by atoms with van der Waals surface area (Å²) in [4.78, 5) is 11.2. The van der Waals surface area contributed by atoms with Gasteiger partial charge in [0.15, 0.2) is 0 Å². The molecule has 3 nitrogen and oxygen atoms in total. The van der Waals surface area contributed by atoms with Crippen LogP contribution in [0.5, 0.6) is 0 Å². The zero-order valence-corrected chi connectivity index (χ0v) is 7.17. The van der Waals surface area contributed by atoms with E-state index in [1.54, 1.807) is 6.07 Å². The molecule has 0 aromatic heterocycles. The van der Waals surface area contributed by atoms with Crippen LogP contribution in [0.2, 0.25) is 0 Å². The fraction of sp³-hybridized carbons (Fsp3) is 0.125. The zero-order valence-electron chi connectivity index (χ0n) is 6.36. The van der Waals surface area contributed by atoms with Gasteiger partial charge in [0.05, 0.1) is 6.54 Å². The minimum absolute atomic E-state index is 0. The van der Waals surface area contributed by atoms with Gasteiger partial charge in [-0.25, -0.2) is 5.84 Å². The molecule has 1 aliphatic heterocycles. The molecular weight excluding hydrogens is 176 g/mol. The van der Waals surface area contributed by atoms with Gasteiger partial charge in [-0.15, -0.1) is 12.4 Å². The van der Waals surface area contributed by atoms with Gasteiger partial charge in [-0.1, -0.05) is 18.2 Å². The fourth-order valence-electron chi connectivity index (χ4n) is 1.28. The summed E-state index contributed by atoms with van der Waals surface area (Å²) in [6.07, 6.45) is 0. The Morgan fingerprint density at radius 1 is 1.33 bits per heavy atom. The predicted octanol–water partition coefficient (Wildman–Crippen LogP) is 0.938. The first-order valence-electron chi connectivity index (χ1n) is 3.43. The molecule has 1 aliphatic rings. The zero-order chi connectivity index (χ0) is 7.84. The number of nitrogens with zero attached hydrogens (tertiary/aromatic N) is 1. The summed E-state index contributed by atoms with van der Waals surface area (Å²) in [5.41, 5.74) is 1.75. The third-order valence-corrected chi connectivity index (χ3v) is 1.85. The Morgan fingerprint density at radius 3 is 2.67 bits per heavy atom. The van der Waals surface area contributed by atoms with Gasteiger partial charge in [-0.2, -0.15) is 0 Å². The molecule has 64 valence electrons. The molecule has 0 atom stereocenters. The Labute approximate surface area is 76.5 Å². The number of rotatable bonds is 0. The number of hydrogen-bond acceptors (Lipinski definition) is 2. The topological polar surface area (TPSA) is 46.3 Å². The van der Waals surface area contributed by atoms with Crippen molar-refractivity contribution >= 4 is 18.3 Å². The van der Waals surface area contributed by atoms with Crippen LogP contribution in [-0.4, -0.2) is 10.9 Å². The maximum Gasteiger partial charge on any atom is 0.268 e. The van der Waals surface area contributed by atoms with Crippen LogP contribution in [0.3, 0.4) is 0 Å². The Kier molecular flexibility index (Phi) is 2.35. The van der Waals surface area contributed by atoms with Gasteiger partial charge < -0.3 is 0 Å². The summed E-state index contributed by atoms with van der Waals surface area (Å²) < 4.78 is 0. The maximum atomic E-state index is 11.2. The van der Waals surface area contributed by atoms with E-state index < -0.39 is 0 Å². The molecule has 0 spiro atoms. The normalized spacial score (nSPS) is 14.1. The summed E-state index contributed by atoms with van der Waals surface area (Å²) in [6.45, 7) is 0.537. The van der Waals surface area contributed by atoms with E-state index in [2.05, 4.69) is 0 Å². The van der Waals surface area contributed by atoms with Gasteiger partial charge in [0, 0.05) is 5.56 Å². The molecule has 1 amide bonds. The Balaban J connectivity index is 0.000000720. The van der Waals surface area contributed by atoms with Gasteiger partial charge in [-0.3, -0.25) is 9.80 Å². The van der Waals surface area contributed by atoms with Gasteiger partial charge in [-0.05, 0) is 11.6 Å². The molecule has 0 saturated heterocycles. The van der Waals surface area contributed by atoms with Crippen LogP contribution in [0, 0.1) is 0 Å². The largest absolute Gasteiger partial charge is 0.272 e. The van der Waals surface area contributed by atoms with Gasteiger partial charge in [0.2, 0.25) is 0 Å². The van der Waals surface area contributed by atoms with E-state index in [4.69, 9.17) is 5.84 Å². The minimum atomic E-state index is -0.0828. The molecule has 1 aromatic carbocycles. The van der Waals surface area contributed by atoms with Gasteiger partial charge >= 0.3 is 0 Å². The quantitative estimate of drug-likeness (QED) is 0.482. The highest BCUT2D eigenvalue weighted by molar-refractivity contribution is 5.97. The molecular formula is C8H9ClN2O. The van der Waals surface area contributed by atoms with Gasteiger partial charge in [0.25, 0.3) is 5.91 Å². The first kappa shape index (κ1) is 9.03. The van der Waals surface area contributed by atoms with E-state index in [0.29, 0.717) is 6.54 Å². The van der Waals surface area contributed by atoms with Crippen LogP contribution in [0.4, 0.5) is 0 Å². The number of hydrogen-bond donors (Lipinski definition) is 1. The van der Waals surface area contributed by atoms with Crippen molar-refractivity contribution in [3.63, 3.8) is 0 Å². The first-order chi connectivity index (χ1) is 5.29. The molecule has 0 fully saturated rings. The van der Waals surface area contributed by atoms with Crippen LogP contribution in [0.15, 0.2) is 24.3 Å². The Bertz CT molecular complexity index is 314. The molecule has 0 radical (unpaired) electrons. The lowest BCUT2D eigenvalue weighted by atomic mass is 10.1. The SMILES string of the molecule is Cl.NN1Cc2ccccc2C1=O. The lowest BCUT2D eigenvalue weighted by Gasteiger charge is -2.04. The summed E-state index contributed by atoms with van der Waals surface area (Å²) in [5, 5.41) is 1.23. The third-order valence-electron chi connectivity index (χ3n) is 1.85. The first-order valence-corrected chi connectivity index (χ1v) is 3.43. The van der Waals surface area contributed by atoms with Crippen molar-refractivity contribution in [2.45, 2.75) is 6.54 Å². The fourth-order valence-corrected chi connectivity index (χ4v) is 1.28. The van der Waals surface area contributed by atoms with E-state index in [1.807, 2.05) is 18.2 Å². The molecule has 0 unspecified atom stereocenters. The van der Waals surface area contributed by atoms with Crippen LogP contribution < -0.4 is 5.84 Å². The maximum absolute atomic E-state index is 11.2. The molecule has 2 rings (SSSR count). The minimum Gasteiger partial charge on any atom is -0.272 e. The number of halogens is 1. The Morgan fingerprint density at radius 2 is 2.00 bits per heavy atom. The van der Waals surface area contributed by atoms with Crippen LogP contribution in [0.25, 0.3) is 0 Å². The third kappa shape index (κ3) is 1.17. The average Bonchev–Trinajstić information content (AvgIpc) is 2.30. The lowest BCUT2D eigenvalue weighted by Crippen LogP contribution is -2.30. The van der Waals surface area contributed by atoms with Crippen LogP contribution in [0.1, 0.15) is 15.9 Å². The monoisotopic (exact) mass is 184 g/mol. The summed E-state index contributed by atoms with van der Waals surface area (Å²) in [6, 6.07) is 7.46. The summed E-state index contributed by atoms with van der Waals surface area (Å²) >= 11 is 0. The van der Waals surface area contributed by atoms with Gasteiger partial charge in [0.1, 0.15) is 0 Å². The van der Waals surface area contributed by atoms with E-state index in [0.717, 1.165) is 11.1 Å². The van der Waals surface area contributed by atoms with Crippen molar-refractivity contribution in [3.8, 4) is 0 Å². The lowest BCUT2D eigenvalue weighted by molar-refractivity contribution is 0.0778. The number of carbonyl (C=O) groups is 1. The Hall–Kier alpha value is -1.06. The summed E-state index contributed by atoms with van der Waals surface area (Å²) in [7, 11) is 0. The number of amides is 1. The molecule has 1 aromatic rings. The predicted molar refractivity (Wildman–Crippen MR) is 47.8 cm³/mol. The van der Waals surface area contributed by atoms with Crippen molar-refractivity contribution in [3.05, 3.63) is 35.4 Å². The number of hydrazine groups is 1. The molecule has 0 aliphatic carbocycles. The number of carbonyl (C=O) groups excluding carboxylic acids is 1. The molecule has 1 heterocycles. The van der Waals surface area contributed by atoms with Crippen molar-refractivity contribution < 1.29 is 4.79 Å². The van der Waals surface area contributed by atoms with Crippen molar-refractivity contribution in [2.24, 2.45) is 5.84 Å². The van der Waals surface area contributed by atoms with E-state index in [-0.39, 0.29) is 18.3 Å². The van der Waals surface area contributed by atoms with E-state index in [1.165, 1.54) is 5.01 Å². The second kappa shape index (κ2) is 3.13. The highest BCUT2D eigenvalue weighted by Gasteiger charge is 2.23. The van der Waals surface area contributed by atoms with E-state index >= 15 is 0 Å². The second-order valence-electron chi connectivity index (χ2n) is 2.59. The highest BCUT2D eigenvalue weighted by Crippen LogP contribution is 2.18. The molecule has 4 heteroatoms. The molecule has 2 N–H and O–H groups in total. The summed E-state index contributed by atoms with van der Waals surface area (Å²) in [5.74, 6) is 5.33. The number of nitrogens with two attached hydrogens (primary N) is 1. The number of fused-ring (bicyclic) bond motifs is 1. The van der Waals surface area contributed by atoms with Crippen LogP contribution in [-0.2, 0) is 6.54 Å². The average molecular weight is 185 g/mol. The van der Waals surface area contributed by atoms with Crippen molar-refractivity contribution in [2.75, 3.05) is 0 Å². The van der Waals surface area contributed by atoms with Crippen molar-refractivity contribution in [1.82, 2.24) is 5.01 Å². The van der Waals surface area contributed by atoms with Crippen molar-refractivity contribution in [1.29, 1.82) is 0 Å². The second-order valence-corrected chi connectivity index (χ2v) is 2.59. The molecule has 12 heavy (non-hydrogen) atoms. The standard InChI is InChI=1S/C8H8N2O.ClH/c9-10-5-6-3-1-2-4-7(6)8(10)11;/h1-4H,5,9H2;1H. The van der Waals surface area contributed by atoms with E-state index in [9.17, 15) is 4.79 Å². The molecule has 0 bridgehead atoms. The number of benzene rings is 1. The molecule has 0 saturated carbocycles.